The number of benzene rings is 1. The standard InChI is InChI=1S/C16H17FN2OS/c17-10-3-6-13-12(7-10)14(18)15(21-13)16(20)19(11-4-5-11)8-9-1-2-9/h3,6-7,9,11H,1-2,4-5,8,18H2. The average Bonchev–Trinajstić information content (AvgIpc) is 3.35. The highest BCUT2D eigenvalue weighted by Crippen LogP contribution is 2.39. The number of nitrogens with zero attached hydrogens (tertiary/aromatic N) is 1. The highest BCUT2D eigenvalue weighted by atomic mass is 32.1. The van der Waals surface area contributed by atoms with Gasteiger partial charge in [0.25, 0.3) is 5.91 Å². The molecule has 5 heteroatoms. The van der Waals surface area contributed by atoms with Crippen LogP contribution in [0, 0.1) is 11.7 Å². The van der Waals surface area contributed by atoms with Crippen molar-refractivity contribution in [2.24, 2.45) is 5.92 Å². The van der Waals surface area contributed by atoms with Crippen LogP contribution in [0.15, 0.2) is 18.2 Å². The molecule has 0 unspecified atom stereocenters. The summed E-state index contributed by atoms with van der Waals surface area (Å²) >= 11 is 1.38. The van der Waals surface area contributed by atoms with Gasteiger partial charge in [-0.15, -0.1) is 11.3 Å². The third-order valence-electron chi connectivity index (χ3n) is 4.28. The van der Waals surface area contributed by atoms with Gasteiger partial charge in [-0.05, 0) is 49.8 Å². The van der Waals surface area contributed by atoms with Gasteiger partial charge < -0.3 is 10.6 Å². The van der Waals surface area contributed by atoms with Crippen LogP contribution < -0.4 is 5.73 Å². The molecule has 0 saturated heterocycles. The van der Waals surface area contributed by atoms with Gasteiger partial charge in [-0.25, -0.2) is 4.39 Å². The van der Waals surface area contributed by atoms with E-state index in [1.807, 2.05) is 4.90 Å². The number of hydrogen-bond acceptors (Lipinski definition) is 3. The fourth-order valence-corrected chi connectivity index (χ4v) is 3.80. The van der Waals surface area contributed by atoms with Crippen LogP contribution in [0.1, 0.15) is 35.4 Å². The Bertz CT molecular complexity index is 718. The minimum absolute atomic E-state index is 0.0310. The number of rotatable bonds is 4. The predicted octanol–water partition coefficient (Wildman–Crippen LogP) is 3.64. The zero-order valence-corrected chi connectivity index (χ0v) is 12.5. The molecule has 0 radical (unpaired) electrons. The normalized spacial score (nSPS) is 18.1. The first-order valence-electron chi connectivity index (χ1n) is 7.42. The minimum Gasteiger partial charge on any atom is -0.397 e. The summed E-state index contributed by atoms with van der Waals surface area (Å²) in [7, 11) is 0. The molecule has 1 aromatic carbocycles. The lowest BCUT2D eigenvalue weighted by Gasteiger charge is -2.21. The molecule has 1 aromatic heterocycles. The van der Waals surface area contributed by atoms with Crippen LogP contribution in [0.3, 0.4) is 0 Å². The number of carbonyl (C=O) groups is 1. The number of nitrogens with two attached hydrogens (primary N) is 1. The predicted molar refractivity (Wildman–Crippen MR) is 83.0 cm³/mol. The van der Waals surface area contributed by atoms with Crippen molar-refractivity contribution >= 4 is 33.0 Å². The van der Waals surface area contributed by atoms with Crippen molar-refractivity contribution < 1.29 is 9.18 Å². The zero-order valence-electron chi connectivity index (χ0n) is 11.6. The molecule has 0 bridgehead atoms. The minimum atomic E-state index is -0.317. The Morgan fingerprint density at radius 2 is 2.10 bits per heavy atom. The van der Waals surface area contributed by atoms with E-state index < -0.39 is 0 Å². The molecule has 3 nitrogen and oxygen atoms in total. The fraction of sp³-hybridized carbons (Fsp3) is 0.438. The summed E-state index contributed by atoms with van der Waals surface area (Å²) in [5.41, 5.74) is 6.54. The van der Waals surface area contributed by atoms with Crippen LogP contribution in [0.5, 0.6) is 0 Å². The number of fused-ring (bicyclic) bond motifs is 1. The maximum absolute atomic E-state index is 13.4. The molecule has 1 heterocycles. The maximum Gasteiger partial charge on any atom is 0.266 e. The summed E-state index contributed by atoms with van der Waals surface area (Å²) in [5, 5.41) is 0.658. The SMILES string of the molecule is Nc1c(C(=O)N(CC2CC2)C2CC2)sc2ccc(F)cc12. The summed E-state index contributed by atoms with van der Waals surface area (Å²) in [5.74, 6) is 0.383. The van der Waals surface area contributed by atoms with Crippen LogP contribution in [0.2, 0.25) is 0 Å². The molecule has 4 rings (SSSR count). The van der Waals surface area contributed by atoms with Crippen molar-refractivity contribution in [1.29, 1.82) is 0 Å². The molecule has 2 aromatic rings. The monoisotopic (exact) mass is 304 g/mol. The van der Waals surface area contributed by atoms with Crippen LogP contribution in [-0.2, 0) is 0 Å². The summed E-state index contributed by atoms with van der Waals surface area (Å²) in [4.78, 5) is 15.4. The number of carbonyl (C=O) groups excluding carboxylic acids is 1. The number of anilines is 1. The second kappa shape index (κ2) is 4.70. The Hall–Kier alpha value is -1.62. The molecule has 0 aliphatic heterocycles. The Balaban J connectivity index is 1.70. The smallest absolute Gasteiger partial charge is 0.266 e. The molecular formula is C16H17FN2OS. The lowest BCUT2D eigenvalue weighted by molar-refractivity contribution is 0.0741. The van der Waals surface area contributed by atoms with Gasteiger partial charge in [-0.3, -0.25) is 4.79 Å². The van der Waals surface area contributed by atoms with Crippen LogP contribution in [0.4, 0.5) is 10.1 Å². The Labute approximate surface area is 126 Å². The van der Waals surface area contributed by atoms with Gasteiger partial charge in [-0.2, -0.15) is 0 Å². The largest absolute Gasteiger partial charge is 0.397 e. The quantitative estimate of drug-likeness (QED) is 0.937. The van der Waals surface area contributed by atoms with Crippen LogP contribution in [-0.4, -0.2) is 23.4 Å². The fourth-order valence-electron chi connectivity index (χ4n) is 2.74. The van der Waals surface area contributed by atoms with E-state index in [9.17, 15) is 9.18 Å². The highest BCUT2D eigenvalue weighted by Gasteiger charge is 2.38. The topological polar surface area (TPSA) is 46.3 Å². The molecule has 2 aliphatic rings. The molecule has 2 aliphatic carbocycles. The number of hydrogen-bond donors (Lipinski definition) is 1. The Morgan fingerprint density at radius 1 is 1.33 bits per heavy atom. The highest BCUT2D eigenvalue weighted by molar-refractivity contribution is 7.21. The van der Waals surface area contributed by atoms with Gasteiger partial charge in [0.05, 0.1) is 5.69 Å². The van der Waals surface area contributed by atoms with E-state index in [1.165, 1.54) is 36.3 Å². The van der Waals surface area contributed by atoms with E-state index in [2.05, 4.69) is 0 Å². The number of amides is 1. The lowest BCUT2D eigenvalue weighted by Crippen LogP contribution is -2.34. The van der Waals surface area contributed by atoms with E-state index >= 15 is 0 Å². The second-order valence-corrected chi connectivity index (χ2v) is 7.17. The van der Waals surface area contributed by atoms with Gasteiger partial charge >= 0.3 is 0 Å². The molecule has 1 amide bonds. The van der Waals surface area contributed by atoms with Gasteiger partial charge in [0.1, 0.15) is 10.7 Å². The van der Waals surface area contributed by atoms with E-state index in [4.69, 9.17) is 5.73 Å². The summed E-state index contributed by atoms with van der Waals surface area (Å²) in [6.07, 6.45) is 4.64. The van der Waals surface area contributed by atoms with Crippen molar-refractivity contribution in [3.8, 4) is 0 Å². The molecule has 110 valence electrons. The van der Waals surface area contributed by atoms with Gasteiger partial charge in [0.2, 0.25) is 0 Å². The van der Waals surface area contributed by atoms with E-state index in [0.717, 1.165) is 24.1 Å². The number of nitrogen functional groups attached to an aromatic ring is 1. The van der Waals surface area contributed by atoms with Crippen molar-refractivity contribution in [3.05, 3.63) is 28.9 Å². The molecular weight excluding hydrogens is 287 g/mol. The molecule has 0 atom stereocenters. The molecule has 0 spiro atoms. The molecule has 2 fully saturated rings. The molecule has 2 saturated carbocycles. The zero-order chi connectivity index (χ0) is 14.6. The van der Waals surface area contributed by atoms with Crippen LogP contribution in [0.25, 0.3) is 10.1 Å². The second-order valence-electron chi connectivity index (χ2n) is 6.12. The van der Waals surface area contributed by atoms with Crippen molar-refractivity contribution in [2.75, 3.05) is 12.3 Å². The van der Waals surface area contributed by atoms with Crippen molar-refractivity contribution in [3.63, 3.8) is 0 Å². The van der Waals surface area contributed by atoms with Gasteiger partial charge in [0, 0.05) is 22.7 Å². The third-order valence-corrected chi connectivity index (χ3v) is 5.46. The first-order chi connectivity index (χ1) is 10.1. The first kappa shape index (κ1) is 13.1. The molecule has 21 heavy (non-hydrogen) atoms. The average molecular weight is 304 g/mol. The molecule has 2 N–H and O–H groups in total. The number of halogens is 1. The van der Waals surface area contributed by atoms with Gasteiger partial charge in [0.15, 0.2) is 0 Å². The van der Waals surface area contributed by atoms with E-state index in [1.54, 1.807) is 6.07 Å². The van der Waals surface area contributed by atoms with Crippen molar-refractivity contribution in [2.45, 2.75) is 31.7 Å². The maximum atomic E-state index is 13.4. The van der Waals surface area contributed by atoms with Crippen LogP contribution >= 0.6 is 11.3 Å². The number of thiophene rings is 1. The Morgan fingerprint density at radius 3 is 2.76 bits per heavy atom. The van der Waals surface area contributed by atoms with Gasteiger partial charge in [-0.1, -0.05) is 0 Å². The lowest BCUT2D eigenvalue weighted by atomic mass is 10.2. The summed E-state index contributed by atoms with van der Waals surface area (Å²) in [6.45, 7) is 0.853. The first-order valence-corrected chi connectivity index (χ1v) is 8.23. The van der Waals surface area contributed by atoms with E-state index in [0.29, 0.717) is 27.9 Å². The summed E-state index contributed by atoms with van der Waals surface area (Å²) in [6, 6.07) is 4.92. The van der Waals surface area contributed by atoms with E-state index in [-0.39, 0.29) is 11.7 Å². The van der Waals surface area contributed by atoms with Crippen molar-refractivity contribution in [1.82, 2.24) is 4.90 Å². The summed E-state index contributed by atoms with van der Waals surface area (Å²) < 4.78 is 14.2. The third kappa shape index (κ3) is 2.39. The Kier molecular flexibility index (Phi) is 2.92.